The molecule has 6 heteroatoms. The van der Waals surface area contributed by atoms with E-state index in [9.17, 15) is 9.18 Å². The fraction of sp³-hybridized carbons (Fsp3) is 0.345. The topological polar surface area (TPSA) is 54.0 Å². The van der Waals surface area contributed by atoms with Crippen LogP contribution in [0.4, 0.5) is 4.39 Å². The van der Waals surface area contributed by atoms with Crippen LogP contribution >= 0.6 is 0 Å². The minimum Gasteiger partial charge on any atom is -0.497 e. The van der Waals surface area contributed by atoms with E-state index in [0.717, 1.165) is 24.0 Å². The first-order chi connectivity index (χ1) is 16.9. The Bertz CT molecular complexity index is 1130. The number of rotatable bonds is 12. The van der Waals surface area contributed by atoms with Gasteiger partial charge in [-0.25, -0.2) is 4.39 Å². The maximum atomic E-state index is 14.7. The van der Waals surface area contributed by atoms with Crippen LogP contribution in [0.3, 0.4) is 0 Å². The lowest BCUT2D eigenvalue weighted by atomic mass is 9.98. The molecule has 0 fully saturated rings. The van der Waals surface area contributed by atoms with E-state index in [4.69, 9.17) is 18.9 Å². The Morgan fingerprint density at radius 2 is 1.77 bits per heavy atom. The highest BCUT2D eigenvalue weighted by Crippen LogP contribution is 2.35. The van der Waals surface area contributed by atoms with Crippen LogP contribution in [0.1, 0.15) is 50.2 Å². The molecule has 3 rings (SSSR count). The first-order valence-electron chi connectivity index (χ1n) is 11.8. The van der Waals surface area contributed by atoms with Crippen LogP contribution in [0.25, 0.3) is 11.1 Å². The van der Waals surface area contributed by atoms with Crippen LogP contribution in [0.15, 0.2) is 60.7 Å². The summed E-state index contributed by atoms with van der Waals surface area (Å²) in [6, 6.07) is 18.0. The number of unbranched alkanes of at least 4 members (excludes halogenated alkanes) is 1. The van der Waals surface area contributed by atoms with E-state index in [1.54, 1.807) is 19.2 Å². The van der Waals surface area contributed by atoms with E-state index in [1.807, 2.05) is 49.4 Å². The van der Waals surface area contributed by atoms with Crippen LogP contribution in [-0.4, -0.2) is 26.8 Å². The standard InChI is InChI=1S/C29H33FO5/c1-5-6-14-34-28-16-21(10-12-25(28)26-18-23(32-3)11-13-27(26)30)19-35-24-9-7-8-22(17-24)20(2)15-29(31)33-4/h7-13,16-18,20H,5-6,14-15,19H2,1-4H3. The molecule has 1 atom stereocenters. The number of carbonyl (C=O) groups excluding carboxylic acids is 1. The fourth-order valence-electron chi connectivity index (χ4n) is 3.69. The third kappa shape index (κ3) is 7.22. The van der Waals surface area contributed by atoms with Crippen molar-refractivity contribution >= 4 is 5.97 Å². The van der Waals surface area contributed by atoms with Gasteiger partial charge in [0.25, 0.3) is 0 Å². The van der Waals surface area contributed by atoms with Crippen molar-refractivity contribution in [2.24, 2.45) is 0 Å². The second-order valence-corrected chi connectivity index (χ2v) is 8.42. The predicted octanol–water partition coefficient (Wildman–Crippen LogP) is 6.93. The molecule has 5 nitrogen and oxygen atoms in total. The maximum Gasteiger partial charge on any atom is 0.306 e. The first-order valence-corrected chi connectivity index (χ1v) is 11.8. The van der Waals surface area contributed by atoms with E-state index >= 15 is 0 Å². The number of methoxy groups -OCH3 is 2. The highest BCUT2D eigenvalue weighted by atomic mass is 19.1. The van der Waals surface area contributed by atoms with Crippen molar-refractivity contribution in [3.63, 3.8) is 0 Å². The molecule has 0 aliphatic rings. The van der Waals surface area contributed by atoms with E-state index in [-0.39, 0.29) is 17.7 Å². The monoisotopic (exact) mass is 480 g/mol. The number of carbonyl (C=O) groups is 1. The zero-order chi connectivity index (χ0) is 25.2. The summed E-state index contributed by atoms with van der Waals surface area (Å²) in [5.41, 5.74) is 2.99. The Morgan fingerprint density at radius 1 is 0.943 bits per heavy atom. The van der Waals surface area contributed by atoms with Crippen molar-refractivity contribution in [3.05, 3.63) is 77.6 Å². The maximum absolute atomic E-state index is 14.7. The summed E-state index contributed by atoms with van der Waals surface area (Å²) in [5, 5.41) is 0. The molecule has 3 aromatic rings. The SMILES string of the molecule is CCCCOc1cc(COc2cccc(C(C)CC(=O)OC)c2)ccc1-c1cc(OC)ccc1F. The van der Waals surface area contributed by atoms with Crippen LogP contribution in [0.2, 0.25) is 0 Å². The van der Waals surface area contributed by atoms with Gasteiger partial charge in [-0.2, -0.15) is 0 Å². The molecule has 35 heavy (non-hydrogen) atoms. The number of benzene rings is 3. The van der Waals surface area contributed by atoms with Gasteiger partial charge in [0.15, 0.2) is 0 Å². The van der Waals surface area contributed by atoms with E-state index < -0.39 is 0 Å². The molecule has 0 amide bonds. The van der Waals surface area contributed by atoms with Crippen molar-refractivity contribution in [1.82, 2.24) is 0 Å². The summed E-state index contributed by atoms with van der Waals surface area (Å²) in [4.78, 5) is 11.6. The quantitative estimate of drug-likeness (QED) is 0.208. The molecule has 186 valence electrons. The van der Waals surface area contributed by atoms with Crippen LogP contribution in [0.5, 0.6) is 17.2 Å². The highest BCUT2D eigenvalue weighted by Gasteiger charge is 2.15. The molecule has 0 aliphatic heterocycles. The molecule has 0 radical (unpaired) electrons. The van der Waals surface area contributed by atoms with Crippen molar-refractivity contribution < 1.29 is 28.1 Å². The molecule has 0 heterocycles. The first kappa shape index (κ1) is 26.1. The van der Waals surface area contributed by atoms with Crippen molar-refractivity contribution in [2.45, 2.75) is 45.6 Å². The van der Waals surface area contributed by atoms with Gasteiger partial charge in [-0.3, -0.25) is 4.79 Å². The summed E-state index contributed by atoms with van der Waals surface area (Å²) in [6.45, 7) is 4.93. The summed E-state index contributed by atoms with van der Waals surface area (Å²) >= 11 is 0. The van der Waals surface area contributed by atoms with Gasteiger partial charge in [0.2, 0.25) is 0 Å². The Hall–Kier alpha value is -3.54. The average Bonchev–Trinajstić information content (AvgIpc) is 2.88. The van der Waals surface area contributed by atoms with E-state index in [0.29, 0.717) is 48.0 Å². The van der Waals surface area contributed by atoms with E-state index in [2.05, 4.69) is 6.92 Å². The largest absolute Gasteiger partial charge is 0.497 e. The van der Waals surface area contributed by atoms with Crippen molar-refractivity contribution in [2.75, 3.05) is 20.8 Å². The smallest absolute Gasteiger partial charge is 0.306 e. The lowest BCUT2D eigenvalue weighted by Crippen LogP contribution is -2.06. The second-order valence-electron chi connectivity index (χ2n) is 8.42. The summed E-state index contributed by atoms with van der Waals surface area (Å²) < 4.78 is 36.8. The van der Waals surface area contributed by atoms with Gasteiger partial charge in [0.1, 0.15) is 29.7 Å². The molecule has 0 saturated heterocycles. The number of hydrogen-bond donors (Lipinski definition) is 0. The molecule has 0 N–H and O–H groups in total. The van der Waals surface area contributed by atoms with Gasteiger partial charge < -0.3 is 18.9 Å². The second kappa shape index (κ2) is 12.8. The van der Waals surface area contributed by atoms with Gasteiger partial charge in [-0.05, 0) is 59.9 Å². The lowest BCUT2D eigenvalue weighted by molar-refractivity contribution is -0.140. The lowest BCUT2D eigenvalue weighted by Gasteiger charge is -2.16. The Kier molecular flexibility index (Phi) is 9.53. The number of halogens is 1. The average molecular weight is 481 g/mol. The Labute approximate surface area is 206 Å². The molecule has 0 spiro atoms. The highest BCUT2D eigenvalue weighted by molar-refractivity contribution is 5.73. The molecule has 0 aromatic heterocycles. The molecule has 0 aliphatic carbocycles. The summed E-state index contributed by atoms with van der Waals surface area (Å²) in [7, 11) is 2.95. The van der Waals surface area contributed by atoms with E-state index in [1.165, 1.54) is 13.2 Å². The fourth-order valence-corrected chi connectivity index (χ4v) is 3.69. The van der Waals surface area contributed by atoms with Crippen molar-refractivity contribution in [3.8, 4) is 28.4 Å². The number of esters is 1. The van der Waals surface area contributed by atoms with Gasteiger partial charge in [-0.15, -0.1) is 0 Å². The number of hydrogen-bond acceptors (Lipinski definition) is 5. The van der Waals surface area contributed by atoms with Gasteiger partial charge in [0, 0.05) is 11.1 Å². The predicted molar refractivity (Wildman–Crippen MR) is 135 cm³/mol. The molecular weight excluding hydrogens is 447 g/mol. The summed E-state index contributed by atoms with van der Waals surface area (Å²) in [6.07, 6.45) is 2.20. The zero-order valence-corrected chi connectivity index (χ0v) is 20.8. The Morgan fingerprint density at radius 3 is 2.51 bits per heavy atom. The number of ether oxygens (including phenoxy) is 4. The summed E-state index contributed by atoms with van der Waals surface area (Å²) in [5.74, 6) is 1.32. The molecule has 0 saturated carbocycles. The minimum absolute atomic E-state index is 0.0154. The molecular formula is C29H33FO5. The van der Waals surface area contributed by atoms with Gasteiger partial charge >= 0.3 is 5.97 Å². The Balaban J connectivity index is 1.80. The third-order valence-corrected chi connectivity index (χ3v) is 5.80. The van der Waals surface area contributed by atoms with Crippen LogP contribution < -0.4 is 14.2 Å². The third-order valence-electron chi connectivity index (χ3n) is 5.80. The normalized spacial score (nSPS) is 11.6. The molecule has 0 bridgehead atoms. The minimum atomic E-state index is -0.340. The zero-order valence-electron chi connectivity index (χ0n) is 20.8. The van der Waals surface area contributed by atoms with Crippen LogP contribution in [-0.2, 0) is 16.1 Å². The van der Waals surface area contributed by atoms with Gasteiger partial charge in [0.05, 0.1) is 27.2 Å². The van der Waals surface area contributed by atoms with Gasteiger partial charge in [-0.1, -0.05) is 44.5 Å². The van der Waals surface area contributed by atoms with Crippen LogP contribution in [0, 0.1) is 5.82 Å². The van der Waals surface area contributed by atoms with Crippen molar-refractivity contribution in [1.29, 1.82) is 0 Å². The molecule has 1 unspecified atom stereocenters. The molecule has 3 aromatic carbocycles.